The van der Waals surface area contributed by atoms with E-state index in [1.165, 1.54) is 0 Å². The van der Waals surface area contributed by atoms with Crippen LogP contribution in [0.4, 0.5) is 16.2 Å². The number of hydrogen-bond donors (Lipinski definition) is 2. The smallest absolute Gasteiger partial charge is 0.294 e. The molecule has 11 heteroatoms. The summed E-state index contributed by atoms with van der Waals surface area (Å²) in [5.41, 5.74) is 3.95. The standard InChI is InChI=1S/C28H23BrClN3O5S/c1-16-10-22(29)23(11-17(16)2)32-26(35)15-38-21-8-6-18(7-9-21)12-24-27(36)33(28(37)39-24)14-25(34)31-20-5-3-4-19(30)13-20/h3-13H,14-15H2,1-2H3,(H,31,34)(H,32,35)/b24-12+. The molecule has 1 aliphatic heterocycles. The highest BCUT2D eigenvalue weighted by molar-refractivity contribution is 9.10. The molecule has 8 nitrogen and oxygen atoms in total. The van der Waals surface area contributed by atoms with Gasteiger partial charge in [0.1, 0.15) is 12.3 Å². The van der Waals surface area contributed by atoms with Gasteiger partial charge in [-0.2, -0.15) is 0 Å². The Labute approximate surface area is 242 Å². The normalized spacial score (nSPS) is 14.1. The summed E-state index contributed by atoms with van der Waals surface area (Å²) in [4.78, 5) is 50.9. The van der Waals surface area contributed by atoms with Gasteiger partial charge in [-0.3, -0.25) is 24.1 Å². The molecular weight excluding hydrogens is 606 g/mol. The van der Waals surface area contributed by atoms with Crippen LogP contribution in [0.15, 0.2) is 70.0 Å². The molecule has 0 atom stereocenters. The lowest BCUT2D eigenvalue weighted by molar-refractivity contribution is -0.127. The Bertz CT molecular complexity index is 1490. The first kappa shape index (κ1) is 28.4. The summed E-state index contributed by atoms with van der Waals surface area (Å²) in [7, 11) is 0. The third-order valence-corrected chi connectivity index (χ3v) is 7.49. The zero-order chi connectivity index (χ0) is 28.1. The first-order chi connectivity index (χ1) is 18.6. The Hall–Kier alpha value is -3.60. The summed E-state index contributed by atoms with van der Waals surface area (Å²) < 4.78 is 6.37. The van der Waals surface area contributed by atoms with Crippen LogP contribution in [0.1, 0.15) is 16.7 Å². The van der Waals surface area contributed by atoms with Gasteiger partial charge in [0.2, 0.25) is 5.91 Å². The van der Waals surface area contributed by atoms with Crippen LogP contribution in [0.25, 0.3) is 6.08 Å². The quantitative estimate of drug-likeness (QED) is 0.279. The number of halogens is 2. The number of carbonyl (C=O) groups excluding carboxylic acids is 4. The zero-order valence-corrected chi connectivity index (χ0v) is 24.1. The first-order valence-corrected chi connectivity index (χ1v) is 13.7. The maximum absolute atomic E-state index is 12.8. The van der Waals surface area contributed by atoms with E-state index in [1.54, 1.807) is 54.6 Å². The number of nitrogens with zero attached hydrogens (tertiary/aromatic N) is 1. The van der Waals surface area contributed by atoms with Gasteiger partial charge in [-0.25, -0.2) is 0 Å². The monoisotopic (exact) mass is 627 g/mol. The second kappa shape index (κ2) is 12.5. The molecule has 2 N–H and O–H groups in total. The summed E-state index contributed by atoms with van der Waals surface area (Å²) in [6.45, 7) is 3.36. The Kier molecular flexibility index (Phi) is 9.11. The van der Waals surface area contributed by atoms with Crippen molar-refractivity contribution in [2.45, 2.75) is 13.8 Å². The van der Waals surface area contributed by atoms with Crippen LogP contribution in [-0.2, 0) is 14.4 Å². The van der Waals surface area contributed by atoms with Crippen molar-refractivity contribution < 1.29 is 23.9 Å². The van der Waals surface area contributed by atoms with Gasteiger partial charge in [-0.05, 0) is 107 Å². The fraction of sp³-hybridized carbons (Fsp3) is 0.143. The van der Waals surface area contributed by atoms with Crippen molar-refractivity contribution in [3.05, 3.63) is 91.8 Å². The van der Waals surface area contributed by atoms with E-state index in [2.05, 4.69) is 26.6 Å². The molecule has 39 heavy (non-hydrogen) atoms. The summed E-state index contributed by atoms with van der Waals surface area (Å²) in [5.74, 6) is -0.916. The van der Waals surface area contributed by atoms with Gasteiger partial charge in [-0.15, -0.1) is 0 Å². The average Bonchev–Trinajstić information content (AvgIpc) is 3.14. The van der Waals surface area contributed by atoms with Crippen molar-refractivity contribution in [3.8, 4) is 5.75 Å². The molecule has 3 aromatic carbocycles. The number of thioether (sulfide) groups is 1. The predicted octanol–water partition coefficient (Wildman–Crippen LogP) is 6.41. The minimum absolute atomic E-state index is 0.186. The molecule has 1 aliphatic rings. The Morgan fingerprint density at radius 3 is 2.44 bits per heavy atom. The van der Waals surface area contributed by atoms with Crippen LogP contribution in [0.2, 0.25) is 5.02 Å². The van der Waals surface area contributed by atoms with Crippen LogP contribution in [0.5, 0.6) is 5.75 Å². The van der Waals surface area contributed by atoms with Gasteiger partial charge in [0.15, 0.2) is 6.61 Å². The molecule has 0 spiro atoms. The molecule has 1 heterocycles. The Morgan fingerprint density at radius 2 is 1.72 bits per heavy atom. The number of aryl methyl sites for hydroxylation is 2. The lowest BCUT2D eigenvalue weighted by atomic mass is 10.1. The molecule has 200 valence electrons. The molecule has 4 rings (SSSR count). The first-order valence-electron chi connectivity index (χ1n) is 11.7. The molecule has 0 radical (unpaired) electrons. The second-order valence-electron chi connectivity index (χ2n) is 8.65. The van der Waals surface area contributed by atoms with Crippen molar-refractivity contribution in [1.29, 1.82) is 0 Å². The van der Waals surface area contributed by atoms with Gasteiger partial charge in [0.25, 0.3) is 17.1 Å². The highest BCUT2D eigenvalue weighted by atomic mass is 79.9. The third-order valence-electron chi connectivity index (χ3n) is 5.69. The van der Waals surface area contributed by atoms with Crippen LogP contribution < -0.4 is 15.4 Å². The van der Waals surface area contributed by atoms with Crippen molar-refractivity contribution in [1.82, 2.24) is 4.90 Å². The van der Waals surface area contributed by atoms with Crippen LogP contribution in [0.3, 0.4) is 0 Å². The van der Waals surface area contributed by atoms with Crippen molar-refractivity contribution >= 4 is 79.7 Å². The van der Waals surface area contributed by atoms with Gasteiger partial charge < -0.3 is 15.4 Å². The van der Waals surface area contributed by atoms with E-state index in [1.807, 2.05) is 26.0 Å². The SMILES string of the molecule is Cc1cc(Br)c(NC(=O)COc2ccc(/C=C3/SC(=O)N(CC(=O)Nc4cccc(Cl)c4)C3=O)cc2)cc1C. The molecular formula is C28H23BrClN3O5S. The number of rotatable bonds is 8. The largest absolute Gasteiger partial charge is 0.484 e. The number of ether oxygens (including phenoxy) is 1. The third kappa shape index (κ3) is 7.50. The summed E-state index contributed by atoms with van der Waals surface area (Å²) in [5, 5.41) is 5.36. The van der Waals surface area contributed by atoms with E-state index in [4.69, 9.17) is 16.3 Å². The summed E-state index contributed by atoms with van der Waals surface area (Å²) in [6.07, 6.45) is 1.56. The fourth-order valence-corrected chi connectivity index (χ4v) is 5.16. The van der Waals surface area contributed by atoms with E-state index in [-0.39, 0.29) is 17.4 Å². The number of hydrogen-bond acceptors (Lipinski definition) is 6. The fourth-order valence-electron chi connectivity index (χ4n) is 3.57. The highest BCUT2D eigenvalue weighted by Gasteiger charge is 2.36. The Morgan fingerprint density at radius 1 is 1.00 bits per heavy atom. The van der Waals surface area contributed by atoms with E-state index in [0.717, 1.165) is 32.3 Å². The Balaban J connectivity index is 1.31. The second-order valence-corrected chi connectivity index (χ2v) is 10.9. The van der Waals surface area contributed by atoms with Crippen LogP contribution >= 0.6 is 39.3 Å². The number of nitrogens with one attached hydrogen (secondary N) is 2. The highest BCUT2D eigenvalue weighted by Crippen LogP contribution is 2.32. The van der Waals surface area contributed by atoms with Crippen LogP contribution in [0, 0.1) is 13.8 Å². The van der Waals surface area contributed by atoms with E-state index in [0.29, 0.717) is 27.7 Å². The maximum atomic E-state index is 12.8. The molecule has 0 aromatic heterocycles. The zero-order valence-electron chi connectivity index (χ0n) is 20.9. The van der Waals surface area contributed by atoms with Crippen LogP contribution in [-0.4, -0.2) is 41.0 Å². The van der Waals surface area contributed by atoms with Crippen molar-refractivity contribution in [2.24, 2.45) is 0 Å². The number of anilines is 2. The number of benzene rings is 3. The molecule has 4 amide bonds. The van der Waals surface area contributed by atoms with Gasteiger partial charge in [0, 0.05) is 15.2 Å². The van der Waals surface area contributed by atoms with Crippen molar-refractivity contribution in [2.75, 3.05) is 23.8 Å². The number of carbonyl (C=O) groups is 4. The van der Waals surface area contributed by atoms with Gasteiger partial charge in [-0.1, -0.05) is 29.8 Å². The lowest BCUT2D eigenvalue weighted by Gasteiger charge is -2.12. The molecule has 0 unspecified atom stereocenters. The topological polar surface area (TPSA) is 105 Å². The van der Waals surface area contributed by atoms with E-state index >= 15 is 0 Å². The molecule has 1 saturated heterocycles. The lowest BCUT2D eigenvalue weighted by Crippen LogP contribution is -2.36. The molecule has 0 aliphatic carbocycles. The van der Waals surface area contributed by atoms with Crippen molar-refractivity contribution in [3.63, 3.8) is 0 Å². The summed E-state index contributed by atoms with van der Waals surface area (Å²) >= 11 is 10.1. The van der Waals surface area contributed by atoms with Gasteiger partial charge >= 0.3 is 0 Å². The van der Waals surface area contributed by atoms with E-state index in [9.17, 15) is 19.2 Å². The molecule has 0 saturated carbocycles. The average molecular weight is 629 g/mol. The maximum Gasteiger partial charge on any atom is 0.294 e. The molecule has 1 fully saturated rings. The predicted molar refractivity (Wildman–Crippen MR) is 157 cm³/mol. The molecule has 0 bridgehead atoms. The summed E-state index contributed by atoms with van der Waals surface area (Å²) in [6, 6.07) is 17.1. The number of imide groups is 1. The molecule has 3 aromatic rings. The minimum atomic E-state index is -0.555. The number of amides is 4. The minimum Gasteiger partial charge on any atom is -0.484 e. The van der Waals surface area contributed by atoms with Gasteiger partial charge in [0.05, 0.1) is 10.6 Å². The van der Waals surface area contributed by atoms with E-state index < -0.39 is 23.6 Å².